The number of fused-ring (bicyclic) bond motifs is 5. The molecule has 4 aliphatic heterocycles. The number of ether oxygens (including phenoxy) is 1. The summed E-state index contributed by atoms with van der Waals surface area (Å²) in [6, 6.07) is 5.52. The molecular formula is C30H32ClF2N7OS. The number of anilines is 2. The zero-order chi connectivity index (χ0) is 28.6. The van der Waals surface area contributed by atoms with Crippen molar-refractivity contribution >= 4 is 55.0 Å². The van der Waals surface area contributed by atoms with Gasteiger partial charge in [-0.3, -0.25) is 4.90 Å². The van der Waals surface area contributed by atoms with Gasteiger partial charge in [0.2, 0.25) is 0 Å². The highest BCUT2D eigenvalue weighted by Gasteiger charge is 2.45. The maximum atomic E-state index is 16.7. The highest BCUT2D eigenvalue weighted by atomic mass is 35.5. The van der Waals surface area contributed by atoms with Gasteiger partial charge in [-0.15, -0.1) is 0 Å². The molecule has 2 aromatic carbocycles. The second-order valence-electron chi connectivity index (χ2n) is 12.2. The van der Waals surface area contributed by atoms with Gasteiger partial charge >= 0.3 is 6.01 Å². The van der Waals surface area contributed by atoms with Gasteiger partial charge in [0.25, 0.3) is 0 Å². The van der Waals surface area contributed by atoms with E-state index in [0.29, 0.717) is 35.5 Å². The van der Waals surface area contributed by atoms with E-state index in [0.717, 1.165) is 76.0 Å². The number of hydrogen-bond acceptors (Lipinski definition) is 9. The molecule has 4 fully saturated rings. The van der Waals surface area contributed by atoms with Crippen molar-refractivity contribution in [1.29, 1.82) is 0 Å². The molecule has 0 amide bonds. The molecule has 4 aromatic rings. The fourth-order valence-corrected chi connectivity index (χ4v) is 8.76. The van der Waals surface area contributed by atoms with Gasteiger partial charge in [0.15, 0.2) is 10.9 Å². The normalized spacial score (nSPS) is 23.6. The molecule has 2 unspecified atom stereocenters. The smallest absolute Gasteiger partial charge is 0.319 e. The van der Waals surface area contributed by atoms with Crippen LogP contribution in [0.4, 0.5) is 19.7 Å². The van der Waals surface area contributed by atoms with Crippen molar-refractivity contribution in [3.05, 3.63) is 34.9 Å². The van der Waals surface area contributed by atoms with Gasteiger partial charge in [0.05, 0.1) is 20.8 Å². The minimum atomic E-state index is -0.610. The summed E-state index contributed by atoms with van der Waals surface area (Å²) in [6.07, 6.45) is 7.72. The number of halogens is 3. The van der Waals surface area contributed by atoms with Gasteiger partial charge in [-0.2, -0.15) is 9.97 Å². The van der Waals surface area contributed by atoms with Gasteiger partial charge in [-0.05, 0) is 76.2 Å². The van der Waals surface area contributed by atoms with E-state index < -0.39 is 11.6 Å². The zero-order valence-corrected chi connectivity index (χ0v) is 24.7. The summed E-state index contributed by atoms with van der Waals surface area (Å²) in [5.41, 5.74) is 6.81. The fraction of sp³-hybridized carbons (Fsp3) is 0.500. The Kier molecular flexibility index (Phi) is 6.44. The van der Waals surface area contributed by atoms with Crippen LogP contribution in [-0.2, 0) is 0 Å². The lowest BCUT2D eigenvalue weighted by Gasteiger charge is -2.31. The highest BCUT2D eigenvalue weighted by molar-refractivity contribution is 7.22. The second kappa shape index (κ2) is 10.1. The number of nitrogens with two attached hydrogens (primary N) is 1. The predicted octanol–water partition coefficient (Wildman–Crippen LogP) is 5.76. The number of nitrogen functional groups attached to an aromatic ring is 1. The van der Waals surface area contributed by atoms with Crippen LogP contribution >= 0.6 is 22.9 Å². The van der Waals surface area contributed by atoms with Crippen molar-refractivity contribution < 1.29 is 13.5 Å². The summed E-state index contributed by atoms with van der Waals surface area (Å²) in [7, 11) is 0. The molecule has 0 saturated carbocycles. The van der Waals surface area contributed by atoms with E-state index in [-0.39, 0.29) is 43.0 Å². The average molecular weight is 612 g/mol. The summed E-state index contributed by atoms with van der Waals surface area (Å²) >= 11 is 7.85. The van der Waals surface area contributed by atoms with Crippen molar-refractivity contribution in [2.24, 2.45) is 0 Å². The minimum absolute atomic E-state index is 0.00186. The number of benzene rings is 2. The Labute approximate surface area is 251 Å². The largest absolute Gasteiger partial charge is 0.461 e. The first-order valence-corrected chi connectivity index (χ1v) is 16.0. The van der Waals surface area contributed by atoms with Crippen LogP contribution in [0.15, 0.2) is 18.2 Å². The Morgan fingerprint density at radius 2 is 1.86 bits per heavy atom. The number of nitrogens with zero attached hydrogens (tertiary/aromatic N) is 5. The molecule has 42 heavy (non-hydrogen) atoms. The van der Waals surface area contributed by atoms with Gasteiger partial charge < -0.3 is 20.7 Å². The molecule has 0 radical (unpaired) electrons. The third kappa shape index (κ3) is 4.31. The summed E-state index contributed by atoms with van der Waals surface area (Å²) in [6.45, 7) is 4.19. The maximum Gasteiger partial charge on any atom is 0.319 e. The Balaban J connectivity index is 1.27. The second-order valence-corrected chi connectivity index (χ2v) is 13.6. The molecule has 8 rings (SSSR count). The number of rotatable bonds is 5. The third-order valence-corrected chi connectivity index (χ3v) is 10.9. The molecule has 3 N–H and O–H groups in total. The molecule has 0 aliphatic carbocycles. The summed E-state index contributed by atoms with van der Waals surface area (Å²) in [4.78, 5) is 18.6. The van der Waals surface area contributed by atoms with Crippen molar-refractivity contribution in [2.75, 3.05) is 43.4 Å². The van der Waals surface area contributed by atoms with E-state index in [9.17, 15) is 4.39 Å². The van der Waals surface area contributed by atoms with E-state index in [1.165, 1.54) is 18.6 Å². The van der Waals surface area contributed by atoms with Crippen LogP contribution in [0, 0.1) is 11.6 Å². The third-order valence-electron chi connectivity index (χ3n) is 9.73. The molecule has 4 saturated heterocycles. The maximum absolute atomic E-state index is 16.7. The van der Waals surface area contributed by atoms with E-state index in [1.54, 1.807) is 6.07 Å². The number of nitrogens with one attached hydrogen (secondary N) is 1. The van der Waals surface area contributed by atoms with E-state index >= 15 is 4.39 Å². The zero-order valence-electron chi connectivity index (χ0n) is 23.1. The molecule has 12 heteroatoms. The fourth-order valence-electron chi connectivity index (χ4n) is 7.70. The van der Waals surface area contributed by atoms with Crippen LogP contribution in [0.25, 0.3) is 32.2 Å². The monoisotopic (exact) mass is 611 g/mol. The SMILES string of the molecule is Nc1nc2c(-c3c(Cl)cc4c(N5CCC6CCC(C5)N6)nc(OCC56CCCN5CCC6)nc4c3F)ccc(F)c2s1. The first-order chi connectivity index (χ1) is 20.4. The first-order valence-electron chi connectivity index (χ1n) is 14.8. The van der Waals surface area contributed by atoms with Gasteiger partial charge in [0.1, 0.15) is 23.8 Å². The molecular weight excluding hydrogens is 580 g/mol. The highest BCUT2D eigenvalue weighted by Crippen LogP contribution is 2.44. The molecule has 2 aromatic heterocycles. The first kappa shape index (κ1) is 26.7. The number of aromatic nitrogens is 3. The molecule has 2 atom stereocenters. The Hall–Kier alpha value is -2.86. The quantitative estimate of drug-likeness (QED) is 0.294. The summed E-state index contributed by atoms with van der Waals surface area (Å²) in [5, 5.41) is 4.62. The molecule has 4 aliphatic rings. The Bertz CT molecular complexity index is 1710. The van der Waals surface area contributed by atoms with Crippen LogP contribution in [0.3, 0.4) is 0 Å². The van der Waals surface area contributed by atoms with Gasteiger partial charge in [-0.1, -0.05) is 22.9 Å². The standard InChI is InChI=1S/C30H32ClF2N7OS/c31-20-13-19-24(23(33)22(20)18-5-6-21(32)26-25(18)36-28(34)42-26)37-29(41-15-30-8-1-10-40(30)11-2-9-30)38-27(19)39-12-7-16-3-4-17(14-39)35-16/h5-6,13,16-17,35H,1-4,7-12,14-15H2,(H2,34,36). The van der Waals surface area contributed by atoms with Crippen molar-refractivity contribution in [1.82, 2.24) is 25.2 Å². The molecule has 0 spiro atoms. The van der Waals surface area contributed by atoms with E-state index in [2.05, 4.69) is 25.1 Å². The van der Waals surface area contributed by atoms with Crippen LogP contribution < -0.4 is 20.7 Å². The van der Waals surface area contributed by atoms with Crippen LogP contribution in [0.5, 0.6) is 6.01 Å². The summed E-state index contributed by atoms with van der Waals surface area (Å²) < 4.78 is 38.0. The van der Waals surface area contributed by atoms with Crippen LogP contribution in [-0.4, -0.2) is 70.3 Å². The molecule has 2 bridgehead atoms. The van der Waals surface area contributed by atoms with Crippen LogP contribution in [0.2, 0.25) is 5.02 Å². The Morgan fingerprint density at radius 1 is 1.05 bits per heavy atom. The topological polar surface area (TPSA) is 92.4 Å². The van der Waals surface area contributed by atoms with E-state index in [1.807, 2.05) is 0 Å². The van der Waals surface area contributed by atoms with Crippen molar-refractivity contribution in [2.45, 2.75) is 62.6 Å². The Morgan fingerprint density at radius 3 is 2.69 bits per heavy atom. The van der Waals surface area contributed by atoms with Crippen LogP contribution in [0.1, 0.15) is 44.9 Å². The van der Waals surface area contributed by atoms with Gasteiger partial charge in [-0.25, -0.2) is 13.8 Å². The predicted molar refractivity (Wildman–Crippen MR) is 163 cm³/mol. The van der Waals surface area contributed by atoms with Crippen molar-refractivity contribution in [3.63, 3.8) is 0 Å². The lowest BCUT2D eigenvalue weighted by Crippen LogP contribution is -2.43. The number of thiazole rings is 1. The van der Waals surface area contributed by atoms with E-state index in [4.69, 9.17) is 27.1 Å². The average Bonchev–Trinajstić information content (AvgIpc) is 3.72. The molecule has 6 heterocycles. The lowest BCUT2D eigenvalue weighted by atomic mass is 9.95. The molecule has 8 nitrogen and oxygen atoms in total. The van der Waals surface area contributed by atoms with Gasteiger partial charge in [0, 0.05) is 41.7 Å². The summed E-state index contributed by atoms with van der Waals surface area (Å²) in [5.74, 6) is -0.440. The number of hydrogen-bond donors (Lipinski definition) is 2. The molecule has 220 valence electrons. The minimum Gasteiger partial charge on any atom is -0.461 e. The lowest BCUT2D eigenvalue weighted by molar-refractivity contribution is 0.108. The van der Waals surface area contributed by atoms with Crippen molar-refractivity contribution in [3.8, 4) is 17.1 Å².